The zero-order chi connectivity index (χ0) is 15.6. The number of ether oxygens (including phenoxy) is 1. The molecule has 1 N–H and O–H groups in total. The van der Waals surface area contributed by atoms with Gasteiger partial charge in [0, 0.05) is 11.0 Å². The highest BCUT2D eigenvalue weighted by Crippen LogP contribution is 2.29. The van der Waals surface area contributed by atoms with Crippen molar-refractivity contribution in [2.24, 2.45) is 0 Å². The number of nitrogens with zero attached hydrogens (tertiary/aromatic N) is 1. The number of likely N-dealkylation sites (tertiary alicyclic amines) is 1. The Morgan fingerprint density at radius 2 is 2.24 bits per heavy atom. The van der Waals surface area contributed by atoms with E-state index >= 15 is 0 Å². The number of benzene rings is 1. The molecular weight excluding hydrogens is 345 g/mol. The Morgan fingerprint density at radius 3 is 2.86 bits per heavy atom. The molecule has 1 aromatic rings. The van der Waals surface area contributed by atoms with Crippen LogP contribution in [-0.2, 0) is 9.59 Å². The van der Waals surface area contributed by atoms with E-state index in [1.54, 1.807) is 6.07 Å². The summed E-state index contributed by atoms with van der Waals surface area (Å²) < 4.78 is 19.3. The second-order valence-corrected chi connectivity index (χ2v) is 6.01. The molecule has 0 bridgehead atoms. The third-order valence-corrected chi connectivity index (χ3v) is 4.14. The molecule has 1 atom stereocenters. The van der Waals surface area contributed by atoms with Crippen molar-refractivity contribution in [2.45, 2.75) is 25.3 Å². The SMILES string of the molecule is CC1(C(=O)O)CCCN1C(=O)COc1ccc(Br)cc1F. The van der Waals surface area contributed by atoms with Gasteiger partial charge >= 0.3 is 5.97 Å². The maximum atomic E-state index is 13.6. The zero-order valence-corrected chi connectivity index (χ0v) is 13.0. The van der Waals surface area contributed by atoms with Gasteiger partial charge in [0.1, 0.15) is 5.54 Å². The maximum absolute atomic E-state index is 13.6. The standard InChI is InChI=1S/C14H15BrFNO4/c1-14(13(19)20)5-2-6-17(14)12(18)8-21-11-4-3-9(15)7-10(11)16/h3-4,7H,2,5-6,8H2,1H3,(H,19,20). The largest absolute Gasteiger partial charge is 0.481 e. The van der Waals surface area contributed by atoms with Gasteiger partial charge in [-0.1, -0.05) is 15.9 Å². The van der Waals surface area contributed by atoms with Crippen LogP contribution in [0.2, 0.25) is 0 Å². The number of aliphatic carboxylic acids is 1. The fraction of sp³-hybridized carbons (Fsp3) is 0.429. The highest BCUT2D eigenvalue weighted by molar-refractivity contribution is 9.10. The number of halogens is 2. The maximum Gasteiger partial charge on any atom is 0.329 e. The summed E-state index contributed by atoms with van der Waals surface area (Å²) in [5.41, 5.74) is -1.21. The minimum Gasteiger partial charge on any atom is -0.481 e. The Labute approximate surface area is 129 Å². The molecule has 114 valence electrons. The Morgan fingerprint density at radius 1 is 1.52 bits per heavy atom. The van der Waals surface area contributed by atoms with Crippen molar-refractivity contribution in [2.75, 3.05) is 13.2 Å². The van der Waals surface area contributed by atoms with Gasteiger partial charge in [0.15, 0.2) is 18.2 Å². The molecule has 0 spiro atoms. The van der Waals surface area contributed by atoms with Gasteiger partial charge in [0.2, 0.25) is 0 Å². The molecule has 1 aromatic carbocycles. The second kappa shape index (κ2) is 6.01. The molecule has 0 saturated carbocycles. The zero-order valence-electron chi connectivity index (χ0n) is 11.4. The second-order valence-electron chi connectivity index (χ2n) is 5.09. The van der Waals surface area contributed by atoms with Gasteiger partial charge in [-0.05, 0) is 38.0 Å². The molecule has 1 amide bonds. The first-order valence-electron chi connectivity index (χ1n) is 6.46. The van der Waals surface area contributed by atoms with Crippen LogP contribution in [0.4, 0.5) is 4.39 Å². The van der Waals surface area contributed by atoms with Gasteiger partial charge in [0.05, 0.1) is 0 Å². The summed E-state index contributed by atoms with van der Waals surface area (Å²) in [5.74, 6) is -2.12. The molecule has 7 heteroatoms. The topological polar surface area (TPSA) is 66.8 Å². The van der Waals surface area contributed by atoms with Crippen molar-refractivity contribution in [3.8, 4) is 5.75 Å². The van der Waals surface area contributed by atoms with Gasteiger partial charge in [-0.2, -0.15) is 0 Å². The summed E-state index contributed by atoms with van der Waals surface area (Å²) in [7, 11) is 0. The lowest BCUT2D eigenvalue weighted by atomic mass is 9.99. The molecular formula is C14H15BrFNO4. The molecule has 1 aliphatic heterocycles. The summed E-state index contributed by atoms with van der Waals surface area (Å²) in [6, 6.07) is 4.24. The summed E-state index contributed by atoms with van der Waals surface area (Å²) >= 11 is 3.13. The lowest BCUT2D eigenvalue weighted by Gasteiger charge is -2.31. The molecule has 21 heavy (non-hydrogen) atoms. The lowest BCUT2D eigenvalue weighted by molar-refractivity contribution is -0.156. The first-order chi connectivity index (χ1) is 9.84. The van der Waals surface area contributed by atoms with E-state index in [0.717, 1.165) is 0 Å². The number of carboxylic acids is 1. The first-order valence-corrected chi connectivity index (χ1v) is 7.25. The number of carboxylic acid groups (broad SMARTS) is 1. The number of carbonyl (C=O) groups is 2. The van der Waals surface area contributed by atoms with E-state index in [9.17, 15) is 19.1 Å². The number of rotatable bonds is 4. The highest BCUT2D eigenvalue weighted by atomic mass is 79.9. The first kappa shape index (κ1) is 15.8. The van der Waals surface area contributed by atoms with Gasteiger partial charge in [0.25, 0.3) is 5.91 Å². The molecule has 1 fully saturated rings. The summed E-state index contributed by atoms with van der Waals surface area (Å²) in [5, 5.41) is 9.25. The minimum atomic E-state index is -1.21. The monoisotopic (exact) mass is 359 g/mol. The average molecular weight is 360 g/mol. The molecule has 0 radical (unpaired) electrons. The summed E-state index contributed by atoms with van der Waals surface area (Å²) in [4.78, 5) is 24.7. The minimum absolute atomic E-state index is 0.0391. The van der Waals surface area contributed by atoms with Gasteiger partial charge in [-0.15, -0.1) is 0 Å². The average Bonchev–Trinajstić information content (AvgIpc) is 2.81. The van der Waals surface area contributed by atoms with E-state index in [1.807, 2.05) is 0 Å². The van der Waals surface area contributed by atoms with Crippen LogP contribution < -0.4 is 4.74 Å². The van der Waals surface area contributed by atoms with E-state index in [-0.39, 0.29) is 12.4 Å². The van der Waals surface area contributed by atoms with Crippen molar-refractivity contribution >= 4 is 27.8 Å². The van der Waals surface area contributed by atoms with Crippen LogP contribution in [0.1, 0.15) is 19.8 Å². The fourth-order valence-electron chi connectivity index (χ4n) is 2.40. The number of hydrogen-bond acceptors (Lipinski definition) is 3. The third-order valence-electron chi connectivity index (χ3n) is 3.65. The highest BCUT2D eigenvalue weighted by Gasteiger charge is 2.45. The van der Waals surface area contributed by atoms with Crippen LogP contribution in [0.3, 0.4) is 0 Å². The van der Waals surface area contributed by atoms with Crippen molar-refractivity contribution in [3.63, 3.8) is 0 Å². The molecule has 0 aliphatic carbocycles. The van der Waals surface area contributed by atoms with Crippen molar-refractivity contribution < 1.29 is 23.8 Å². The number of hydrogen-bond donors (Lipinski definition) is 1. The Balaban J connectivity index is 2.03. The van der Waals surface area contributed by atoms with Crippen LogP contribution in [-0.4, -0.2) is 40.6 Å². The van der Waals surface area contributed by atoms with Crippen LogP contribution in [0.5, 0.6) is 5.75 Å². The predicted molar refractivity (Wildman–Crippen MR) is 76.6 cm³/mol. The normalized spacial score (nSPS) is 21.4. The van der Waals surface area contributed by atoms with Crippen LogP contribution in [0.25, 0.3) is 0 Å². The Kier molecular flexibility index (Phi) is 4.51. The van der Waals surface area contributed by atoms with E-state index in [4.69, 9.17) is 4.74 Å². The quantitative estimate of drug-likeness (QED) is 0.896. The Hall–Kier alpha value is -1.63. The predicted octanol–water partition coefficient (Wildman–Crippen LogP) is 2.43. The summed E-state index contributed by atoms with van der Waals surface area (Å²) in [6.07, 6.45) is 1.03. The van der Waals surface area contributed by atoms with Gasteiger partial charge in [-0.25, -0.2) is 9.18 Å². The van der Waals surface area contributed by atoms with Crippen molar-refractivity contribution in [1.82, 2.24) is 4.90 Å². The third kappa shape index (κ3) is 3.18. The molecule has 1 heterocycles. The molecule has 0 aromatic heterocycles. The van der Waals surface area contributed by atoms with Crippen LogP contribution in [0, 0.1) is 5.82 Å². The van der Waals surface area contributed by atoms with Crippen molar-refractivity contribution in [1.29, 1.82) is 0 Å². The smallest absolute Gasteiger partial charge is 0.329 e. The summed E-state index contributed by atoms with van der Waals surface area (Å²) in [6.45, 7) is 1.50. The molecule has 1 unspecified atom stereocenters. The number of amides is 1. The van der Waals surface area contributed by atoms with E-state index in [2.05, 4.69) is 15.9 Å². The Bertz CT molecular complexity index is 580. The van der Waals surface area contributed by atoms with E-state index in [1.165, 1.54) is 24.0 Å². The molecule has 1 saturated heterocycles. The number of carbonyl (C=O) groups excluding carboxylic acids is 1. The molecule has 5 nitrogen and oxygen atoms in total. The van der Waals surface area contributed by atoms with Crippen LogP contribution >= 0.6 is 15.9 Å². The van der Waals surface area contributed by atoms with E-state index < -0.39 is 23.2 Å². The van der Waals surface area contributed by atoms with Crippen molar-refractivity contribution in [3.05, 3.63) is 28.5 Å². The lowest BCUT2D eigenvalue weighted by Crippen LogP contribution is -2.52. The van der Waals surface area contributed by atoms with Crippen LogP contribution in [0.15, 0.2) is 22.7 Å². The van der Waals surface area contributed by atoms with Gasteiger partial charge < -0.3 is 14.7 Å². The van der Waals surface area contributed by atoms with E-state index in [0.29, 0.717) is 23.9 Å². The molecule has 2 rings (SSSR count). The molecule has 1 aliphatic rings. The van der Waals surface area contributed by atoms with Gasteiger partial charge in [-0.3, -0.25) is 4.79 Å². The fourth-order valence-corrected chi connectivity index (χ4v) is 2.73.